The fraction of sp³-hybridized carbons (Fsp3) is 0.133. The van der Waals surface area contributed by atoms with Crippen LogP contribution < -0.4 is 15.0 Å². The molecule has 0 aliphatic carbocycles. The molecule has 0 saturated carbocycles. The van der Waals surface area contributed by atoms with Crippen LogP contribution >= 0.6 is 11.8 Å². The van der Waals surface area contributed by atoms with Gasteiger partial charge in [0.15, 0.2) is 0 Å². The van der Waals surface area contributed by atoms with Gasteiger partial charge in [0.25, 0.3) is 5.91 Å². The lowest BCUT2D eigenvalue weighted by Gasteiger charge is -2.27. The first kappa shape index (κ1) is 25.1. The number of carbonyl (C=O) groups is 2. The zero-order chi connectivity index (χ0) is 25.3. The third-order valence-electron chi connectivity index (χ3n) is 5.60. The molecular formula is C30H28N2O3S. The van der Waals surface area contributed by atoms with E-state index in [1.54, 1.807) is 36.3 Å². The number of methoxy groups -OCH3 is 1. The first-order valence-electron chi connectivity index (χ1n) is 11.7. The molecule has 4 rings (SSSR count). The molecule has 0 bridgehead atoms. The number of nitrogens with one attached hydrogen (secondary N) is 1. The molecule has 0 aliphatic heterocycles. The first-order valence-corrected chi connectivity index (χ1v) is 12.6. The second-order valence-corrected chi connectivity index (χ2v) is 9.35. The van der Waals surface area contributed by atoms with E-state index >= 15 is 0 Å². The molecule has 4 aromatic rings. The van der Waals surface area contributed by atoms with Gasteiger partial charge in [-0.05, 0) is 67.1 Å². The van der Waals surface area contributed by atoms with Gasteiger partial charge in [0.05, 0.1) is 12.4 Å². The van der Waals surface area contributed by atoms with Crippen LogP contribution in [0.1, 0.15) is 23.7 Å². The fourth-order valence-corrected chi connectivity index (χ4v) is 4.84. The Labute approximate surface area is 216 Å². The Morgan fingerprint density at radius 1 is 0.833 bits per heavy atom. The van der Waals surface area contributed by atoms with Crippen molar-refractivity contribution in [2.45, 2.75) is 23.5 Å². The predicted octanol–water partition coefficient (Wildman–Crippen LogP) is 7.18. The molecule has 0 fully saturated rings. The summed E-state index contributed by atoms with van der Waals surface area (Å²) in [5.41, 5.74) is 2.83. The number of anilines is 3. The molecule has 36 heavy (non-hydrogen) atoms. The van der Waals surface area contributed by atoms with Gasteiger partial charge in [-0.3, -0.25) is 14.5 Å². The molecule has 0 saturated heterocycles. The molecule has 2 amide bonds. The van der Waals surface area contributed by atoms with Gasteiger partial charge in [0.1, 0.15) is 5.75 Å². The summed E-state index contributed by atoms with van der Waals surface area (Å²) in [7, 11) is 1.57. The van der Waals surface area contributed by atoms with Crippen molar-refractivity contribution in [3.8, 4) is 5.75 Å². The Bertz CT molecular complexity index is 1270. The lowest BCUT2D eigenvalue weighted by atomic mass is 10.2. The van der Waals surface area contributed by atoms with E-state index in [2.05, 4.69) is 5.32 Å². The summed E-state index contributed by atoms with van der Waals surface area (Å²) in [6.07, 6.45) is 0.653. The van der Waals surface area contributed by atoms with E-state index in [4.69, 9.17) is 4.74 Å². The maximum absolute atomic E-state index is 13.8. The average molecular weight is 497 g/mol. The number of amides is 2. The van der Waals surface area contributed by atoms with Crippen LogP contribution in [0.4, 0.5) is 17.1 Å². The van der Waals surface area contributed by atoms with Crippen LogP contribution in [0.5, 0.6) is 5.75 Å². The molecule has 0 heterocycles. The van der Waals surface area contributed by atoms with E-state index in [0.717, 1.165) is 16.3 Å². The van der Waals surface area contributed by atoms with Gasteiger partial charge in [-0.1, -0.05) is 55.5 Å². The topological polar surface area (TPSA) is 58.6 Å². The van der Waals surface area contributed by atoms with E-state index in [-0.39, 0.29) is 17.1 Å². The normalized spacial score (nSPS) is 11.4. The lowest BCUT2D eigenvalue weighted by molar-refractivity contribution is -0.117. The van der Waals surface area contributed by atoms with Gasteiger partial charge in [0.2, 0.25) is 5.91 Å². The van der Waals surface area contributed by atoms with E-state index in [9.17, 15) is 9.59 Å². The lowest BCUT2D eigenvalue weighted by Crippen LogP contribution is -2.34. The minimum absolute atomic E-state index is 0.00530. The SMILES string of the molecule is CCC(Sc1cccc(NC(=O)c2cccc(OC)c2)c1)C(=O)N(c1ccccc1)c1ccccc1. The van der Waals surface area contributed by atoms with E-state index < -0.39 is 0 Å². The van der Waals surface area contributed by atoms with Crippen LogP contribution in [-0.4, -0.2) is 24.2 Å². The summed E-state index contributed by atoms with van der Waals surface area (Å²) in [6, 6.07) is 34.0. The number of thioether (sulfide) groups is 1. The summed E-state index contributed by atoms with van der Waals surface area (Å²) in [5, 5.41) is 2.63. The molecule has 0 spiro atoms. The zero-order valence-electron chi connectivity index (χ0n) is 20.3. The Hall–Kier alpha value is -4.03. The van der Waals surface area contributed by atoms with Crippen molar-refractivity contribution in [2.75, 3.05) is 17.3 Å². The van der Waals surface area contributed by atoms with E-state index in [0.29, 0.717) is 23.4 Å². The highest BCUT2D eigenvalue weighted by atomic mass is 32.2. The van der Waals surface area contributed by atoms with Crippen LogP contribution in [-0.2, 0) is 4.79 Å². The molecule has 6 heteroatoms. The van der Waals surface area contributed by atoms with Crippen molar-refractivity contribution in [1.29, 1.82) is 0 Å². The highest BCUT2D eigenvalue weighted by molar-refractivity contribution is 8.00. The highest BCUT2D eigenvalue weighted by Gasteiger charge is 2.26. The van der Waals surface area contributed by atoms with Gasteiger partial charge in [0, 0.05) is 27.5 Å². The number of para-hydroxylation sites is 2. The van der Waals surface area contributed by atoms with Crippen molar-refractivity contribution in [3.05, 3.63) is 115 Å². The maximum Gasteiger partial charge on any atom is 0.255 e. The second kappa shape index (κ2) is 12.1. The Balaban J connectivity index is 1.53. The minimum Gasteiger partial charge on any atom is -0.497 e. The smallest absolute Gasteiger partial charge is 0.255 e. The number of ether oxygens (including phenoxy) is 1. The number of hydrogen-bond acceptors (Lipinski definition) is 4. The number of nitrogens with zero attached hydrogens (tertiary/aromatic N) is 1. The standard InChI is InChI=1S/C30H28N2O3S/c1-3-28(30(34)32(24-14-6-4-7-15-24)25-16-8-5-9-17-25)36-27-19-11-13-23(21-27)31-29(33)22-12-10-18-26(20-22)35-2/h4-21,28H,3H2,1-2H3,(H,31,33). The van der Waals surface area contributed by atoms with Crippen molar-refractivity contribution < 1.29 is 14.3 Å². The summed E-state index contributed by atoms with van der Waals surface area (Å²) < 4.78 is 5.22. The summed E-state index contributed by atoms with van der Waals surface area (Å²) in [6.45, 7) is 2.01. The highest BCUT2D eigenvalue weighted by Crippen LogP contribution is 2.33. The van der Waals surface area contributed by atoms with Crippen LogP contribution in [0.15, 0.2) is 114 Å². The number of hydrogen-bond donors (Lipinski definition) is 1. The first-order chi connectivity index (χ1) is 17.6. The fourth-order valence-electron chi connectivity index (χ4n) is 3.79. The van der Waals surface area contributed by atoms with Gasteiger partial charge in [-0.15, -0.1) is 11.8 Å². The Kier molecular flexibility index (Phi) is 8.42. The van der Waals surface area contributed by atoms with Crippen molar-refractivity contribution in [1.82, 2.24) is 0 Å². The van der Waals surface area contributed by atoms with Gasteiger partial charge < -0.3 is 10.1 Å². The third kappa shape index (κ3) is 6.15. The molecule has 1 unspecified atom stereocenters. The zero-order valence-corrected chi connectivity index (χ0v) is 21.1. The van der Waals surface area contributed by atoms with Crippen molar-refractivity contribution in [3.63, 3.8) is 0 Å². The molecule has 182 valence electrons. The summed E-state index contributed by atoms with van der Waals surface area (Å²) >= 11 is 1.50. The summed E-state index contributed by atoms with van der Waals surface area (Å²) in [5.74, 6) is 0.405. The van der Waals surface area contributed by atoms with Gasteiger partial charge >= 0.3 is 0 Å². The second-order valence-electron chi connectivity index (χ2n) is 8.07. The minimum atomic E-state index is -0.310. The van der Waals surface area contributed by atoms with Gasteiger partial charge in [-0.25, -0.2) is 0 Å². The van der Waals surface area contributed by atoms with Crippen LogP contribution in [0.3, 0.4) is 0 Å². The average Bonchev–Trinajstić information content (AvgIpc) is 2.93. The summed E-state index contributed by atoms with van der Waals surface area (Å²) in [4.78, 5) is 29.2. The predicted molar refractivity (Wildman–Crippen MR) is 147 cm³/mol. The monoisotopic (exact) mass is 496 g/mol. The van der Waals surface area contributed by atoms with Crippen LogP contribution in [0.25, 0.3) is 0 Å². The van der Waals surface area contributed by atoms with Crippen molar-refractivity contribution in [2.24, 2.45) is 0 Å². The molecule has 1 atom stereocenters. The van der Waals surface area contributed by atoms with Crippen LogP contribution in [0, 0.1) is 0 Å². The van der Waals surface area contributed by atoms with Gasteiger partial charge in [-0.2, -0.15) is 0 Å². The number of rotatable bonds is 9. The molecule has 0 radical (unpaired) electrons. The Morgan fingerprint density at radius 3 is 2.08 bits per heavy atom. The molecule has 0 aliphatic rings. The van der Waals surface area contributed by atoms with Crippen LogP contribution in [0.2, 0.25) is 0 Å². The largest absolute Gasteiger partial charge is 0.497 e. The number of carbonyl (C=O) groups excluding carboxylic acids is 2. The number of benzene rings is 4. The Morgan fingerprint density at radius 2 is 1.47 bits per heavy atom. The molecule has 1 N–H and O–H groups in total. The third-order valence-corrected chi connectivity index (χ3v) is 6.94. The quantitative estimate of drug-likeness (QED) is 0.249. The van der Waals surface area contributed by atoms with E-state index in [1.807, 2.05) is 91.9 Å². The van der Waals surface area contributed by atoms with Crippen molar-refractivity contribution >= 4 is 40.6 Å². The molecule has 0 aromatic heterocycles. The van der Waals surface area contributed by atoms with E-state index in [1.165, 1.54) is 11.8 Å². The molecule has 5 nitrogen and oxygen atoms in total. The maximum atomic E-state index is 13.8. The molecular weight excluding hydrogens is 468 g/mol. The molecule has 4 aromatic carbocycles.